The van der Waals surface area contributed by atoms with Gasteiger partial charge in [-0.2, -0.15) is 5.26 Å². The highest BCUT2D eigenvalue weighted by atomic mass is 15.2. The molecule has 4 heteroatoms. The maximum absolute atomic E-state index is 9.23. The summed E-state index contributed by atoms with van der Waals surface area (Å²) in [6.07, 6.45) is 1.16. The summed E-state index contributed by atoms with van der Waals surface area (Å²) < 4.78 is 0. The van der Waals surface area contributed by atoms with Crippen LogP contribution < -0.4 is 10.6 Å². The summed E-state index contributed by atoms with van der Waals surface area (Å²) in [6, 6.07) is 8.46. The Hall–Kier alpha value is -1.73. The molecule has 1 saturated heterocycles. The van der Waals surface area contributed by atoms with E-state index in [0.29, 0.717) is 17.3 Å². The van der Waals surface area contributed by atoms with Crippen molar-refractivity contribution in [2.24, 2.45) is 0 Å². The van der Waals surface area contributed by atoms with Gasteiger partial charge in [0.1, 0.15) is 6.07 Å². The van der Waals surface area contributed by atoms with Gasteiger partial charge in [-0.25, -0.2) is 0 Å². The summed E-state index contributed by atoms with van der Waals surface area (Å²) >= 11 is 0. The third-order valence-corrected chi connectivity index (χ3v) is 3.97. The summed E-state index contributed by atoms with van der Waals surface area (Å²) in [6.45, 7) is 8.59. The highest BCUT2D eigenvalue weighted by molar-refractivity contribution is 5.64. The lowest BCUT2D eigenvalue weighted by molar-refractivity contribution is 0.232. The molecule has 0 spiro atoms. The molecule has 1 aliphatic rings. The summed E-state index contributed by atoms with van der Waals surface area (Å²) in [4.78, 5) is 4.80. The predicted molar refractivity (Wildman–Crippen MR) is 79.1 cm³/mol. The molecular weight excluding hydrogens is 236 g/mol. The van der Waals surface area contributed by atoms with E-state index in [2.05, 4.69) is 29.7 Å². The lowest BCUT2D eigenvalue weighted by atomic mass is 10.1. The van der Waals surface area contributed by atoms with Crippen LogP contribution in [0, 0.1) is 11.3 Å². The van der Waals surface area contributed by atoms with Crippen LogP contribution in [0.1, 0.15) is 25.8 Å². The number of benzene rings is 1. The molecular formula is C15H22N4. The van der Waals surface area contributed by atoms with E-state index in [1.54, 1.807) is 6.07 Å². The molecule has 0 aliphatic carbocycles. The van der Waals surface area contributed by atoms with E-state index in [1.165, 1.54) is 0 Å². The van der Waals surface area contributed by atoms with Gasteiger partial charge < -0.3 is 10.6 Å². The second kappa shape index (κ2) is 5.94. The summed E-state index contributed by atoms with van der Waals surface area (Å²) in [7, 11) is 0. The molecule has 0 amide bonds. The fraction of sp³-hybridized carbons (Fsp3) is 0.533. The Kier molecular flexibility index (Phi) is 4.28. The summed E-state index contributed by atoms with van der Waals surface area (Å²) in [5, 5.41) is 9.23. The van der Waals surface area contributed by atoms with Gasteiger partial charge in [0.2, 0.25) is 0 Å². The smallest absolute Gasteiger partial charge is 0.101 e. The van der Waals surface area contributed by atoms with Gasteiger partial charge >= 0.3 is 0 Å². The number of nitriles is 1. The molecule has 1 aliphatic heterocycles. The fourth-order valence-corrected chi connectivity index (χ4v) is 2.92. The van der Waals surface area contributed by atoms with Gasteiger partial charge in [-0.15, -0.1) is 0 Å². The number of nitrogen functional groups attached to an aromatic ring is 1. The van der Waals surface area contributed by atoms with Crippen LogP contribution in [-0.2, 0) is 0 Å². The van der Waals surface area contributed by atoms with Crippen LogP contribution in [0.4, 0.5) is 11.4 Å². The molecule has 1 fully saturated rings. The average molecular weight is 258 g/mol. The Balaban J connectivity index is 2.15. The van der Waals surface area contributed by atoms with E-state index in [-0.39, 0.29) is 0 Å². The average Bonchev–Trinajstić information content (AvgIpc) is 2.89. The Morgan fingerprint density at radius 1 is 1.42 bits per heavy atom. The Morgan fingerprint density at radius 3 is 2.79 bits per heavy atom. The minimum absolute atomic E-state index is 0.596. The fourth-order valence-electron chi connectivity index (χ4n) is 2.92. The molecule has 1 aromatic carbocycles. The van der Waals surface area contributed by atoms with Crippen molar-refractivity contribution < 1.29 is 0 Å². The molecule has 0 bridgehead atoms. The number of likely N-dealkylation sites (N-methyl/N-ethyl adjacent to an activating group) is 1. The monoisotopic (exact) mass is 258 g/mol. The number of hydrogen-bond acceptors (Lipinski definition) is 4. The van der Waals surface area contributed by atoms with E-state index in [9.17, 15) is 5.26 Å². The van der Waals surface area contributed by atoms with Crippen molar-refractivity contribution in [1.29, 1.82) is 5.26 Å². The first-order valence-electron chi connectivity index (χ1n) is 6.98. The lowest BCUT2D eigenvalue weighted by Gasteiger charge is -2.27. The van der Waals surface area contributed by atoms with Crippen molar-refractivity contribution in [3.8, 4) is 6.07 Å². The van der Waals surface area contributed by atoms with Crippen molar-refractivity contribution in [3.05, 3.63) is 23.8 Å². The number of nitrogens with zero attached hydrogens (tertiary/aromatic N) is 3. The Labute approximate surface area is 115 Å². The number of nitrogens with two attached hydrogens (primary N) is 1. The van der Waals surface area contributed by atoms with Gasteiger partial charge in [0.25, 0.3) is 0 Å². The molecule has 1 atom stereocenters. The maximum Gasteiger partial charge on any atom is 0.101 e. The Bertz CT molecular complexity index is 474. The van der Waals surface area contributed by atoms with E-state index < -0.39 is 0 Å². The van der Waals surface area contributed by atoms with Crippen molar-refractivity contribution in [1.82, 2.24) is 4.90 Å². The van der Waals surface area contributed by atoms with Crippen LogP contribution >= 0.6 is 0 Å². The molecule has 0 aromatic heterocycles. The molecule has 1 heterocycles. The standard InChI is InChI=1S/C15H22N4/c1-3-18(4-2)14-7-8-19(11-14)15-6-5-13(17)9-12(15)10-16/h5-6,9,14H,3-4,7-8,11,17H2,1-2H3. The third kappa shape index (κ3) is 2.82. The quantitative estimate of drug-likeness (QED) is 0.840. The summed E-state index contributed by atoms with van der Waals surface area (Å²) in [5.74, 6) is 0. The van der Waals surface area contributed by atoms with Gasteiger partial charge in [0.15, 0.2) is 0 Å². The summed E-state index contributed by atoms with van der Waals surface area (Å²) in [5.41, 5.74) is 8.10. The second-order valence-electron chi connectivity index (χ2n) is 5.00. The van der Waals surface area contributed by atoms with E-state index in [4.69, 9.17) is 5.73 Å². The van der Waals surface area contributed by atoms with Crippen LogP contribution in [0.5, 0.6) is 0 Å². The zero-order valence-electron chi connectivity index (χ0n) is 11.8. The van der Waals surface area contributed by atoms with Gasteiger partial charge in [-0.05, 0) is 37.7 Å². The first-order valence-corrected chi connectivity index (χ1v) is 6.98. The third-order valence-electron chi connectivity index (χ3n) is 3.97. The van der Waals surface area contributed by atoms with Crippen LogP contribution in [0.25, 0.3) is 0 Å². The highest BCUT2D eigenvalue weighted by Gasteiger charge is 2.27. The van der Waals surface area contributed by atoms with Gasteiger partial charge in [0, 0.05) is 24.8 Å². The van der Waals surface area contributed by atoms with E-state index in [1.807, 2.05) is 12.1 Å². The van der Waals surface area contributed by atoms with E-state index in [0.717, 1.165) is 38.3 Å². The first-order chi connectivity index (χ1) is 9.19. The van der Waals surface area contributed by atoms with Gasteiger partial charge in [-0.3, -0.25) is 4.90 Å². The topological polar surface area (TPSA) is 56.3 Å². The number of anilines is 2. The minimum atomic E-state index is 0.596. The largest absolute Gasteiger partial charge is 0.399 e. The predicted octanol–water partition coefficient (Wildman–Crippen LogP) is 2.06. The number of rotatable bonds is 4. The molecule has 1 unspecified atom stereocenters. The van der Waals surface area contributed by atoms with Crippen molar-refractivity contribution in [3.63, 3.8) is 0 Å². The molecule has 1 aromatic rings. The first kappa shape index (κ1) is 13.7. The van der Waals surface area contributed by atoms with Crippen LogP contribution in [0.15, 0.2) is 18.2 Å². The minimum Gasteiger partial charge on any atom is -0.399 e. The van der Waals surface area contributed by atoms with Crippen LogP contribution in [-0.4, -0.2) is 37.1 Å². The van der Waals surface area contributed by atoms with Crippen molar-refractivity contribution in [2.45, 2.75) is 26.3 Å². The van der Waals surface area contributed by atoms with Crippen LogP contribution in [0.2, 0.25) is 0 Å². The molecule has 0 radical (unpaired) electrons. The molecule has 2 rings (SSSR count). The van der Waals surface area contributed by atoms with E-state index >= 15 is 0 Å². The van der Waals surface area contributed by atoms with Crippen LogP contribution in [0.3, 0.4) is 0 Å². The SMILES string of the molecule is CCN(CC)C1CCN(c2ccc(N)cc2C#N)C1. The van der Waals surface area contributed by atoms with Crippen molar-refractivity contribution >= 4 is 11.4 Å². The normalized spacial score (nSPS) is 18.8. The maximum atomic E-state index is 9.23. The highest BCUT2D eigenvalue weighted by Crippen LogP contribution is 2.27. The molecule has 2 N–H and O–H groups in total. The number of hydrogen-bond donors (Lipinski definition) is 1. The molecule has 19 heavy (non-hydrogen) atoms. The Morgan fingerprint density at radius 2 is 2.16 bits per heavy atom. The lowest BCUT2D eigenvalue weighted by Crippen LogP contribution is -2.37. The molecule has 4 nitrogen and oxygen atoms in total. The molecule has 0 saturated carbocycles. The zero-order valence-corrected chi connectivity index (χ0v) is 11.8. The second-order valence-corrected chi connectivity index (χ2v) is 5.00. The molecule has 102 valence electrons. The van der Waals surface area contributed by atoms with Gasteiger partial charge in [0.05, 0.1) is 11.3 Å². The zero-order chi connectivity index (χ0) is 13.8. The van der Waals surface area contributed by atoms with Gasteiger partial charge in [-0.1, -0.05) is 13.8 Å². The van der Waals surface area contributed by atoms with Crippen molar-refractivity contribution in [2.75, 3.05) is 36.8 Å².